The summed E-state index contributed by atoms with van der Waals surface area (Å²) in [5.74, 6) is 0.230. The number of aromatic hydroxyl groups is 1. The fourth-order valence-electron chi connectivity index (χ4n) is 4.44. The molecule has 2 heterocycles. The maximum atomic E-state index is 12.6. The van der Waals surface area contributed by atoms with Gasteiger partial charge in [-0.05, 0) is 61.9 Å². The summed E-state index contributed by atoms with van der Waals surface area (Å²) in [6, 6.07) is 15.3. The Balaban J connectivity index is 0.00000149. The highest BCUT2D eigenvalue weighted by atomic mass is 16.3. The van der Waals surface area contributed by atoms with Crippen LogP contribution in [0.25, 0.3) is 0 Å². The Kier molecular flexibility index (Phi) is 8.78. The number of phenolic OH excluding ortho intramolecular Hbond substituents is 1. The minimum Gasteiger partial charge on any atom is -0.508 e. The summed E-state index contributed by atoms with van der Waals surface area (Å²) < 4.78 is 0. The third-order valence-corrected chi connectivity index (χ3v) is 6.28. The molecular weight excluding hydrogens is 412 g/mol. The topological polar surface area (TPSA) is 59.1 Å². The summed E-state index contributed by atoms with van der Waals surface area (Å²) in [6.45, 7) is 16.9. The fourth-order valence-corrected chi connectivity index (χ4v) is 4.44. The van der Waals surface area contributed by atoms with Crippen LogP contribution in [-0.4, -0.2) is 66.6 Å². The van der Waals surface area contributed by atoms with E-state index in [1.54, 1.807) is 24.3 Å². The van der Waals surface area contributed by atoms with E-state index in [0.29, 0.717) is 0 Å². The van der Waals surface area contributed by atoms with E-state index < -0.39 is 0 Å². The molecule has 0 saturated carbocycles. The van der Waals surface area contributed by atoms with Gasteiger partial charge in [0.05, 0.1) is 5.92 Å². The Hall–Kier alpha value is -2.99. The van der Waals surface area contributed by atoms with Crippen molar-refractivity contribution < 1.29 is 9.90 Å². The summed E-state index contributed by atoms with van der Waals surface area (Å²) >= 11 is 0. The smallest absolute Gasteiger partial charge is 0.228 e. The van der Waals surface area contributed by atoms with Gasteiger partial charge >= 0.3 is 0 Å². The van der Waals surface area contributed by atoms with Gasteiger partial charge in [-0.25, -0.2) is 0 Å². The van der Waals surface area contributed by atoms with E-state index in [4.69, 9.17) is 0 Å². The molecule has 2 fully saturated rings. The van der Waals surface area contributed by atoms with Crippen LogP contribution < -0.4 is 10.2 Å². The molecule has 2 aliphatic rings. The molecule has 6 nitrogen and oxygen atoms in total. The van der Waals surface area contributed by atoms with E-state index in [-0.39, 0.29) is 17.6 Å². The average molecular weight is 451 g/mol. The Morgan fingerprint density at radius 1 is 1.06 bits per heavy atom. The van der Waals surface area contributed by atoms with Crippen LogP contribution in [0.15, 0.2) is 60.8 Å². The minimum absolute atomic E-state index is 0.0141. The number of phenols is 1. The molecule has 1 unspecified atom stereocenters. The van der Waals surface area contributed by atoms with E-state index in [0.717, 1.165) is 63.6 Å². The number of aryl methyl sites for hydroxylation is 1. The van der Waals surface area contributed by atoms with Gasteiger partial charge in [-0.2, -0.15) is 0 Å². The Morgan fingerprint density at radius 3 is 2.42 bits per heavy atom. The second kappa shape index (κ2) is 11.8. The molecule has 1 amide bonds. The SMILES string of the molecule is C=C(CN1CCC(C(=O)Nc2ccc(O)cc2)C1)N1CCN(c2cccc(C)c2)CC1.CC. The van der Waals surface area contributed by atoms with Gasteiger partial charge in [-0.1, -0.05) is 32.6 Å². The van der Waals surface area contributed by atoms with Crippen LogP contribution in [0.1, 0.15) is 25.8 Å². The number of piperazine rings is 1. The van der Waals surface area contributed by atoms with Gasteiger partial charge in [0.25, 0.3) is 0 Å². The van der Waals surface area contributed by atoms with Gasteiger partial charge in [0.15, 0.2) is 0 Å². The van der Waals surface area contributed by atoms with E-state index in [1.165, 1.54) is 11.3 Å². The number of carbonyl (C=O) groups excluding carboxylic acids is 1. The summed E-state index contributed by atoms with van der Waals surface area (Å²) in [6.07, 6.45) is 0.859. The van der Waals surface area contributed by atoms with Crippen LogP contribution in [0.4, 0.5) is 11.4 Å². The van der Waals surface area contributed by atoms with E-state index in [1.807, 2.05) is 13.8 Å². The largest absolute Gasteiger partial charge is 0.508 e. The lowest BCUT2D eigenvalue weighted by Crippen LogP contribution is -2.47. The highest BCUT2D eigenvalue weighted by molar-refractivity contribution is 5.92. The third-order valence-electron chi connectivity index (χ3n) is 6.28. The van der Waals surface area contributed by atoms with Crippen LogP contribution in [-0.2, 0) is 4.79 Å². The molecule has 0 aliphatic carbocycles. The van der Waals surface area contributed by atoms with E-state index in [2.05, 4.69) is 57.8 Å². The second-order valence-corrected chi connectivity index (χ2v) is 8.64. The Morgan fingerprint density at radius 2 is 1.76 bits per heavy atom. The monoisotopic (exact) mass is 450 g/mol. The number of hydrogen-bond acceptors (Lipinski definition) is 5. The quantitative estimate of drug-likeness (QED) is 0.642. The Labute approximate surface area is 198 Å². The molecule has 2 aromatic carbocycles. The first-order valence-corrected chi connectivity index (χ1v) is 12.0. The van der Waals surface area contributed by atoms with Gasteiger partial charge in [-0.3, -0.25) is 9.69 Å². The molecule has 33 heavy (non-hydrogen) atoms. The first-order chi connectivity index (χ1) is 16.0. The van der Waals surface area contributed by atoms with Crippen LogP contribution in [0.3, 0.4) is 0 Å². The van der Waals surface area contributed by atoms with Crippen LogP contribution in [0.5, 0.6) is 5.75 Å². The summed E-state index contributed by atoms with van der Waals surface area (Å²) in [7, 11) is 0. The molecule has 0 spiro atoms. The lowest BCUT2D eigenvalue weighted by Gasteiger charge is -2.39. The number of amides is 1. The van der Waals surface area contributed by atoms with Crippen LogP contribution in [0.2, 0.25) is 0 Å². The molecule has 2 saturated heterocycles. The third kappa shape index (κ3) is 6.75. The van der Waals surface area contributed by atoms with Crippen LogP contribution >= 0.6 is 0 Å². The van der Waals surface area contributed by atoms with Crippen molar-refractivity contribution in [1.29, 1.82) is 0 Å². The summed E-state index contributed by atoms with van der Waals surface area (Å²) in [4.78, 5) is 19.7. The molecule has 178 valence electrons. The predicted octanol–water partition coefficient (Wildman–Crippen LogP) is 4.32. The van der Waals surface area contributed by atoms with Crippen molar-refractivity contribution >= 4 is 17.3 Å². The minimum atomic E-state index is -0.0141. The number of benzene rings is 2. The van der Waals surface area contributed by atoms with E-state index >= 15 is 0 Å². The predicted molar refractivity (Wildman–Crippen MR) is 137 cm³/mol. The van der Waals surface area contributed by atoms with Gasteiger partial charge in [0, 0.05) is 56.3 Å². The van der Waals surface area contributed by atoms with E-state index in [9.17, 15) is 9.90 Å². The first kappa shape index (κ1) is 24.6. The Bertz CT molecular complexity index is 920. The van der Waals surface area contributed by atoms with Crippen molar-refractivity contribution in [3.63, 3.8) is 0 Å². The lowest BCUT2D eigenvalue weighted by molar-refractivity contribution is -0.119. The fraction of sp³-hybridized carbons (Fsp3) is 0.444. The highest BCUT2D eigenvalue weighted by Gasteiger charge is 2.29. The number of likely N-dealkylation sites (tertiary alicyclic amines) is 1. The number of rotatable bonds is 6. The van der Waals surface area contributed by atoms with Crippen molar-refractivity contribution in [2.75, 3.05) is 56.0 Å². The lowest BCUT2D eigenvalue weighted by atomic mass is 10.1. The zero-order valence-electron chi connectivity index (χ0n) is 20.3. The maximum absolute atomic E-state index is 12.6. The highest BCUT2D eigenvalue weighted by Crippen LogP contribution is 2.23. The molecule has 2 aromatic rings. The molecule has 2 N–H and O–H groups in total. The molecule has 0 bridgehead atoms. The van der Waals surface area contributed by atoms with Crippen molar-refractivity contribution in [1.82, 2.24) is 9.80 Å². The first-order valence-electron chi connectivity index (χ1n) is 12.0. The summed E-state index contributed by atoms with van der Waals surface area (Å²) in [5, 5.41) is 12.3. The molecular formula is C27H38N4O2. The molecule has 6 heteroatoms. The molecule has 0 radical (unpaired) electrons. The number of hydrogen-bond donors (Lipinski definition) is 2. The molecule has 2 aliphatic heterocycles. The van der Waals surface area contributed by atoms with Crippen molar-refractivity contribution in [2.45, 2.75) is 27.2 Å². The molecule has 0 aromatic heterocycles. The number of nitrogens with one attached hydrogen (secondary N) is 1. The number of carbonyl (C=O) groups is 1. The normalized spacial score (nSPS) is 18.5. The van der Waals surface area contributed by atoms with Crippen molar-refractivity contribution in [3.05, 3.63) is 66.4 Å². The average Bonchev–Trinajstić information content (AvgIpc) is 3.30. The molecule has 4 rings (SSSR count). The number of nitrogens with zero attached hydrogens (tertiary/aromatic N) is 3. The zero-order chi connectivity index (χ0) is 23.8. The van der Waals surface area contributed by atoms with Crippen molar-refractivity contribution in [3.8, 4) is 5.75 Å². The molecule has 1 atom stereocenters. The van der Waals surface area contributed by atoms with Gasteiger partial charge in [-0.15, -0.1) is 0 Å². The zero-order valence-corrected chi connectivity index (χ0v) is 20.3. The second-order valence-electron chi connectivity index (χ2n) is 8.64. The van der Waals surface area contributed by atoms with Crippen LogP contribution in [0, 0.1) is 12.8 Å². The standard InChI is InChI=1S/C25H32N4O2.C2H6/c1-19-4-3-5-23(16-19)29-14-12-28(13-15-29)20(2)17-27-11-10-21(18-27)25(31)26-22-6-8-24(30)9-7-22;1-2/h3-9,16,21,30H,2,10-15,17-18H2,1H3,(H,26,31);1-2H3. The number of anilines is 2. The van der Waals surface area contributed by atoms with Gasteiger partial charge < -0.3 is 20.2 Å². The summed E-state index contributed by atoms with van der Waals surface area (Å²) in [5.41, 5.74) is 4.45. The van der Waals surface area contributed by atoms with Gasteiger partial charge in [0.2, 0.25) is 5.91 Å². The van der Waals surface area contributed by atoms with Crippen molar-refractivity contribution in [2.24, 2.45) is 5.92 Å². The maximum Gasteiger partial charge on any atom is 0.228 e. The van der Waals surface area contributed by atoms with Gasteiger partial charge in [0.1, 0.15) is 5.75 Å².